The van der Waals surface area contributed by atoms with Crippen molar-refractivity contribution in [3.05, 3.63) is 64.0 Å². The van der Waals surface area contributed by atoms with Crippen LogP contribution in [0.15, 0.2) is 45.7 Å². The van der Waals surface area contributed by atoms with Crippen LogP contribution in [0.2, 0.25) is 0 Å². The molecule has 1 fully saturated rings. The van der Waals surface area contributed by atoms with Crippen molar-refractivity contribution >= 4 is 5.91 Å². The highest BCUT2D eigenvalue weighted by molar-refractivity contribution is 5.91. The number of hydrogen-bond acceptors (Lipinski definition) is 5. The smallest absolute Gasteiger partial charge is 0.289 e. The molecule has 1 aliphatic heterocycles. The van der Waals surface area contributed by atoms with E-state index in [1.807, 2.05) is 18.2 Å². The molecule has 1 amide bonds. The Hall–Kier alpha value is -2.47. The van der Waals surface area contributed by atoms with Crippen LogP contribution in [0.25, 0.3) is 0 Å². The number of aromatic nitrogens is 1. The van der Waals surface area contributed by atoms with E-state index < -0.39 is 0 Å². The molecule has 2 aromatic heterocycles. The predicted octanol–water partition coefficient (Wildman–Crippen LogP) is 1.69. The Bertz CT molecular complexity index is 758. The van der Waals surface area contributed by atoms with E-state index in [0.717, 1.165) is 31.7 Å². The number of hydrogen-bond donors (Lipinski definition) is 0. The summed E-state index contributed by atoms with van der Waals surface area (Å²) >= 11 is 0. The molecule has 0 radical (unpaired) electrons. The molecule has 0 atom stereocenters. The quantitative estimate of drug-likeness (QED) is 0.858. The second-order valence-electron chi connectivity index (χ2n) is 6.01. The van der Waals surface area contributed by atoms with Gasteiger partial charge in [0, 0.05) is 51.1 Å². The molecule has 0 unspecified atom stereocenters. The zero-order valence-corrected chi connectivity index (χ0v) is 13.8. The second kappa shape index (κ2) is 7.40. The lowest BCUT2D eigenvalue weighted by molar-refractivity contribution is 0.0724. The number of amides is 1. The van der Waals surface area contributed by atoms with Crippen LogP contribution in [0.1, 0.15) is 28.4 Å². The summed E-state index contributed by atoms with van der Waals surface area (Å²) < 4.78 is 5.42. The molecule has 1 aliphatic rings. The molecule has 3 rings (SSSR count). The summed E-state index contributed by atoms with van der Waals surface area (Å²) in [4.78, 5) is 32.6. The second-order valence-corrected chi connectivity index (χ2v) is 6.01. The largest absolute Gasteiger partial charge is 0.456 e. The number of rotatable bonds is 3. The molecule has 3 heterocycles. The van der Waals surface area contributed by atoms with Gasteiger partial charge in [0.05, 0.1) is 5.69 Å². The Labute approximate surface area is 140 Å². The van der Waals surface area contributed by atoms with Gasteiger partial charge in [-0.25, -0.2) is 0 Å². The van der Waals surface area contributed by atoms with Crippen LogP contribution in [0.5, 0.6) is 0 Å². The summed E-state index contributed by atoms with van der Waals surface area (Å²) in [5.41, 5.74) is 0.829. The van der Waals surface area contributed by atoms with Crippen LogP contribution in [-0.4, -0.2) is 46.9 Å². The van der Waals surface area contributed by atoms with Crippen molar-refractivity contribution in [3.63, 3.8) is 0 Å². The Morgan fingerprint density at radius 3 is 2.83 bits per heavy atom. The minimum atomic E-state index is -0.213. The maximum atomic E-state index is 12.6. The van der Waals surface area contributed by atoms with Crippen LogP contribution in [0, 0.1) is 6.92 Å². The van der Waals surface area contributed by atoms with E-state index in [2.05, 4.69) is 9.88 Å². The predicted molar refractivity (Wildman–Crippen MR) is 89.7 cm³/mol. The molecule has 0 aromatic carbocycles. The molecule has 0 spiro atoms. The van der Waals surface area contributed by atoms with E-state index >= 15 is 0 Å². The summed E-state index contributed by atoms with van der Waals surface area (Å²) in [5, 5.41) is 0. The molecule has 24 heavy (non-hydrogen) atoms. The highest BCUT2D eigenvalue weighted by Gasteiger charge is 2.22. The van der Waals surface area contributed by atoms with Crippen molar-refractivity contribution in [2.75, 3.05) is 26.2 Å². The summed E-state index contributed by atoms with van der Waals surface area (Å²) in [6, 6.07) is 8.55. The average molecular weight is 327 g/mol. The third-order valence-electron chi connectivity index (χ3n) is 4.09. The summed E-state index contributed by atoms with van der Waals surface area (Å²) in [7, 11) is 0. The van der Waals surface area contributed by atoms with Crippen molar-refractivity contribution in [3.8, 4) is 0 Å². The fraction of sp³-hybridized carbons (Fsp3) is 0.389. The van der Waals surface area contributed by atoms with E-state index in [1.165, 1.54) is 12.1 Å². The molecule has 126 valence electrons. The zero-order valence-electron chi connectivity index (χ0n) is 13.8. The lowest BCUT2D eigenvalue weighted by Gasteiger charge is -2.21. The molecule has 6 nitrogen and oxygen atoms in total. The maximum Gasteiger partial charge on any atom is 0.289 e. The van der Waals surface area contributed by atoms with E-state index in [1.54, 1.807) is 18.0 Å². The maximum absolute atomic E-state index is 12.6. The van der Waals surface area contributed by atoms with E-state index in [9.17, 15) is 9.59 Å². The normalized spacial score (nSPS) is 16.0. The Balaban J connectivity index is 1.64. The molecule has 2 aromatic rings. The van der Waals surface area contributed by atoms with Crippen LogP contribution in [0.4, 0.5) is 0 Å². The molecule has 0 N–H and O–H groups in total. The lowest BCUT2D eigenvalue weighted by Crippen LogP contribution is -2.35. The van der Waals surface area contributed by atoms with E-state index in [4.69, 9.17) is 4.42 Å². The molecular weight excluding hydrogens is 306 g/mol. The van der Waals surface area contributed by atoms with Gasteiger partial charge in [0.2, 0.25) is 0 Å². The topological polar surface area (TPSA) is 66.7 Å². The number of pyridine rings is 1. The van der Waals surface area contributed by atoms with E-state index in [0.29, 0.717) is 18.8 Å². The SMILES string of the molecule is Cc1cc(=O)cc(C(=O)N2CCCN(Cc3ccccn3)CC2)o1. The number of aryl methyl sites for hydroxylation is 1. The van der Waals surface area contributed by atoms with Crippen molar-refractivity contribution in [2.24, 2.45) is 0 Å². The van der Waals surface area contributed by atoms with Gasteiger partial charge in [-0.2, -0.15) is 0 Å². The van der Waals surface area contributed by atoms with Crippen molar-refractivity contribution in [1.29, 1.82) is 0 Å². The van der Waals surface area contributed by atoms with Gasteiger partial charge < -0.3 is 9.32 Å². The average Bonchev–Trinajstić information content (AvgIpc) is 2.80. The standard InChI is InChI=1S/C18H21N3O3/c1-14-11-16(22)12-17(24-14)18(23)21-8-4-7-20(9-10-21)13-15-5-2-3-6-19-15/h2-3,5-6,11-12H,4,7-10,13H2,1H3. The van der Waals surface area contributed by atoms with Crippen LogP contribution >= 0.6 is 0 Å². The third-order valence-corrected chi connectivity index (χ3v) is 4.09. The van der Waals surface area contributed by atoms with Crippen LogP contribution < -0.4 is 5.43 Å². The first-order chi connectivity index (χ1) is 11.6. The van der Waals surface area contributed by atoms with Gasteiger partial charge >= 0.3 is 0 Å². The Morgan fingerprint density at radius 2 is 2.08 bits per heavy atom. The molecule has 1 saturated heterocycles. The van der Waals surface area contributed by atoms with E-state index in [-0.39, 0.29) is 17.1 Å². The Morgan fingerprint density at radius 1 is 1.21 bits per heavy atom. The monoisotopic (exact) mass is 327 g/mol. The molecular formula is C18H21N3O3. The fourth-order valence-electron chi connectivity index (χ4n) is 2.92. The number of carbonyl (C=O) groups excluding carboxylic acids is 1. The van der Waals surface area contributed by atoms with Gasteiger partial charge in [-0.3, -0.25) is 19.5 Å². The third kappa shape index (κ3) is 4.08. The number of carbonyl (C=O) groups is 1. The van der Waals surface area contributed by atoms with Crippen LogP contribution in [-0.2, 0) is 6.54 Å². The van der Waals surface area contributed by atoms with Gasteiger partial charge in [-0.15, -0.1) is 0 Å². The first-order valence-electron chi connectivity index (χ1n) is 8.15. The summed E-state index contributed by atoms with van der Waals surface area (Å²) in [6.07, 6.45) is 2.68. The van der Waals surface area contributed by atoms with Crippen molar-refractivity contribution in [1.82, 2.24) is 14.8 Å². The first-order valence-corrected chi connectivity index (χ1v) is 8.15. The Kier molecular flexibility index (Phi) is 5.05. The number of nitrogens with zero attached hydrogens (tertiary/aromatic N) is 3. The van der Waals surface area contributed by atoms with Crippen molar-refractivity contribution in [2.45, 2.75) is 19.9 Å². The van der Waals surface area contributed by atoms with Crippen LogP contribution in [0.3, 0.4) is 0 Å². The molecule has 0 saturated carbocycles. The van der Waals surface area contributed by atoms with Gasteiger partial charge in [-0.05, 0) is 25.5 Å². The highest BCUT2D eigenvalue weighted by Crippen LogP contribution is 2.11. The minimum absolute atomic E-state index is 0.123. The molecule has 0 bridgehead atoms. The zero-order chi connectivity index (χ0) is 16.9. The van der Waals surface area contributed by atoms with Gasteiger partial charge in [0.25, 0.3) is 5.91 Å². The van der Waals surface area contributed by atoms with Gasteiger partial charge in [-0.1, -0.05) is 6.07 Å². The summed E-state index contributed by atoms with van der Waals surface area (Å²) in [6.45, 7) is 5.42. The summed E-state index contributed by atoms with van der Waals surface area (Å²) in [5.74, 6) is 0.367. The molecule has 6 heteroatoms. The van der Waals surface area contributed by atoms with Gasteiger partial charge in [0.15, 0.2) is 11.2 Å². The fourth-order valence-corrected chi connectivity index (χ4v) is 2.92. The lowest BCUT2D eigenvalue weighted by atomic mass is 10.3. The van der Waals surface area contributed by atoms with Crippen molar-refractivity contribution < 1.29 is 9.21 Å². The molecule has 0 aliphatic carbocycles. The first kappa shape index (κ1) is 16.4. The highest BCUT2D eigenvalue weighted by atomic mass is 16.3. The minimum Gasteiger partial charge on any atom is -0.456 e. The van der Waals surface area contributed by atoms with Gasteiger partial charge in [0.1, 0.15) is 5.76 Å².